The first kappa shape index (κ1) is 17.0. The molecule has 0 spiro atoms. The third kappa shape index (κ3) is 3.06. The Morgan fingerprint density at radius 2 is 2.19 bits per heavy atom. The van der Waals surface area contributed by atoms with Gasteiger partial charge in [0.05, 0.1) is 24.4 Å². The molecule has 3 heterocycles. The van der Waals surface area contributed by atoms with Gasteiger partial charge in [-0.2, -0.15) is 5.26 Å². The normalized spacial score (nSPS) is 20.6. The maximum absolute atomic E-state index is 9.49. The summed E-state index contributed by atoms with van der Waals surface area (Å²) in [7, 11) is 0. The molecule has 0 atom stereocenters. The van der Waals surface area contributed by atoms with E-state index in [9.17, 15) is 5.11 Å². The Balaban J connectivity index is 1.64. The second kappa shape index (κ2) is 7.44. The number of fused-ring (bicyclic) bond motifs is 3. The van der Waals surface area contributed by atoms with Gasteiger partial charge in [0.2, 0.25) is 0 Å². The van der Waals surface area contributed by atoms with Crippen LogP contribution in [0, 0.1) is 11.3 Å². The Morgan fingerprint density at radius 3 is 2.96 bits per heavy atom. The van der Waals surface area contributed by atoms with Crippen LogP contribution < -0.4 is 5.32 Å². The molecule has 0 unspecified atom stereocenters. The minimum absolute atomic E-state index is 0.0953. The minimum Gasteiger partial charge on any atom is -0.396 e. The van der Waals surface area contributed by atoms with Gasteiger partial charge in [0.1, 0.15) is 17.0 Å². The van der Waals surface area contributed by atoms with Crippen LogP contribution in [-0.2, 0) is 6.42 Å². The molecule has 0 saturated heterocycles. The van der Waals surface area contributed by atoms with Crippen molar-refractivity contribution in [2.45, 2.75) is 50.6 Å². The Hall–Kier alpha value is -2.43. The molecule has 1 aliphatic carbocycles. The third-order valence-corrected chi connectivity index (χ3v) is 5.37. The number of imidazole rings is 1. The van der Waals surface area contributed by atoms with Gasteiger partial charge in [0.15, 0.2) is 0 Å². The van der Waals surface area contributed by atoms with Crippen LogP contribution in [0.2, 0.25) is 0 Å². The Morgan fingerprint density at radius 1 is 1.35 bits per heavy atom. The second-order valence-electron chi connectivity index (χ2n) is 6.97. The summed E-state index contributed by atoms with van der Waals surface area (Å²) in [5.41, 5.74) is 2.90. The van der Waals surface area contributed by atoms with Crippen LogP contribution in [0.15, 0.2) is 18.5 Å². The minimum atomic E-state index is 0.0953. The summed E-state index contributed by atoms with van der Waals surface area (Å²) >= 11 is 0. The number of rotatable bonds is 6. The van der Waals surface area contributed by atoms with E-state index in [1.54, 1.807) is 0 Å². The summed E-state index contributed by atoms with van der Waals surface area (Å²) < 4.78 is 2.34. The van der Waals surface area contributed by atoms with Gasteiger partial charge >= 0.3 is 0 Å². The van der Waals surface area contributed by atoms with Crippen molar-refractivity contribution in [3.05, 3.63) is 24.3 Å². The van der Waals surface area contributed by atoms with Gasteiger partial charge in [0, 0.05) is 43.1 Å². The molecular weight excluding hydrogens is 328 g/mol. The third-order valence-electron chi connectivity index (χ3n) is 5.37. The molecule has 0 radical (unpaired) electrons. The number of pyridine rings is 1. The van der Waals surface area contributed by atoms with Crippen LogP contribution in [0.4, 0.5) is 0 Å². The fourth-order valence-electron chi connectivity index (χ4n) is 4.18. The topological polar surface area (TPSA) is 103 Å². The lowest BCUT2D eigenvalue weighted by atomic mass is 9.90. The van der Waals surface area contributed by atoms with Gasteiger partial charge in [-0.3, -0.25) is 0 Å². The number of aromatic amines is 1. The molecule has 1 aliphatic rings. The van der Waals surface area contributed by atoms with Gasteiger partial charge in [-0.15, -0.1) is 0 Å². The highest BCUT2D eigenvalue weighted by molar-refractivity contribution is 6.01. The van der Waals surface area contributed by atoms with Crippen LogP contribution in [-0.4, -0.2) is 43.8 Å². The van der Waals surface area contributed by atoms with E-state index in [1.807, 2.05) is 12.4 Å². The van der Waals surface area contributed by atoms with E-state index in [2.05, 4.69) is 32.0 Å². The van der Waals surface area contributed by atoms with E-state index < -0.39 is 0 Å². The molecule has 7 nitrogen and oxygen atoms in total. The maximum atomic E-state index is 9.49. The van der Waals surface area contributed by atoms with Crippen molar-refractivity contribution in [1.82, 2.24) is 24.8 Å². The van der Waals surface area contributed by atoms with Gasteiger partial charge in [-0.1, -0.05) is 0 Å². The molecule has 0 aliphatic heterocycles. The summed E-state index contributed by atoms with van der Waals surface area (Å²) in [6, 6.07) is 5.12. The van der Waals surface area contributed by atoms with Gasteiger partial charge in [-0.25, -0.2) is 9.97 Å². The molecule has 26 heavy (non-hydrogen) atoms. The van der Waals surface area contributed by atoms with Crippen LogP contribution in [0.3, 0.4) is 0 Å². The lowest BCUT2D eigenvalue weighted by Crippen LogP contribution is -2.34. The van der Waals surface area contributed by atoms with E-state index in [0.717, 1.165) is 60.1 Å². The number of hydrogen-bond acceptors (Lipinski definition) is 5. The predicted molar refractivity (Wildman–Crippen MR) is 99.7 cm³/mol. The SMILES string of the molecule is N#CCCNC1CCC(n2c(CCO)nc3cnc4[nH]ccc4c32)CC1. The van der Waals surface area contributed by atoms with Crippen LogP contribution >= 0.6 is 0 Å². The van der Waals surface area contributed by atoms with E-state index in [0.29, 0.717) is 24.9 Å². The summed E-state index contributed by atoms with van der Waals surface area (Å²) in [5, 5.41) is 22.8. The molecule has 0 aromatic carbocycles. The van der Waals surface area contributed by atoms with Gasteiger partial charge in [-0.05, 0) is 31.7 Å². The second-order valence-corrected chi connectivity index (χ2v) is 6.97. The first-order valence-corrected chi connectivity index (χ1v) is 9.36. The molecule has 3 aromatic rings. The van der Waals surface area contributed by atoms with Gasteiger partial charge < -0.3 is 20.0 Å². The number of nitrogens with zero attached hydrogens (tertiary/aromatic N) is 4. The monoisotopic (exact) mass is 352 g/mol. The van der Waals surface area contributed by atoms with E-state index >= 15 is 0 Å². The van der Waals surface area contributed by atoms with Crippen molar-refractivity contribution >= 4 is 22.1 Å². The molecular formula is C19H24N6O. The molecule has 1 fully saturated rings. The van der Waals surface area contributed by atoms with Crippen molar-refractivity contribution in [3.8, 4) is 6.07 Å². The number of H-pyrrole nitrogens is 1. The molecule has 0 bridgehead atoms. The van der Waals surface area contributed by atoms with Crippen LogP contribution in [0.25, 0.3) is 22.1 Å². The molecule has 4 rings (SSSR count). The molecule has 7 heteroatoms. The molecule has 0 amide bonds. The van der Waals surface area contributed by atoms with Crippen LogP contribution in [0.5, 0.6) is 0 Å². The average Bonchev–Trinajstić information content (AvgIpc) is 3.26. The quantitative estimate of drug-likeness (QED) is 0.591. The Kier molecular flexibility index (Phi) is 4.87. The van der Waals surface area contributed by atoms with Crippen LogP contribution in [0.1, 0.15) is 44.0 Å². The number of aliphatic hydroxyl groups excluding tert-OH is 1. The van der Waals surface area contributed by atoms with E-state index in [-0.39, 0.29) is 6.61 Å². The fraction of sp³-hybridized carbons (Fsp3) is 0.526. The first-order chi connectivity index (χ1) is 12.8. The highest BCUT2D eigenvalue weighted by atomic mass is 16.3. The molecule has 136 valence electrons. The number of nitriles is 1. The average molecular weight is 352 g/mol. The zero-order valence-corrected chi connectivity index (χ0v) is 14.8. The van der Waals surface area contributed by atoms with Crippen molar-refractivity contribution in [2.24, 2.45) is 0 Å². The standard InChI is InChI=1S/C19H24N6O/c20-8-1-9-21-13-2-4-14(5-3-13)25-17(7-11-26)24-16-12-23-19-15(18(16)25)6-10-22-19/h6,10,12-14,21,26H,1-5,7,9,11H2,(H,22,23). The lowest BCUT2D eigenvalue weighted by Gasteiger charge is -2.31. The first-order valence-electron chi connectivity index (χ1n) is 9.36. The van der Waals surface area contributed by atoms with Crippen molar-refractivity contribution in [3.63, 3.8) is 0 Å². The van der Waals surface area contributed by atoms with E-state index in [4.69, 9.17) is 10.2 Å². The molecule has 3 aromatic heterocycles. The van der Waals surface area contributed by atoms with Crippen molar-refractivity contribution in [1.29, 1.82) is 5.26 Å². The van der Waals surface area contributed by atoms with Crippen molar-refractivity contribution in [2.75, 3.05) is 13.2 Å². The lowest BCUT2D eigenvalue weighted by molar-refractivity contribution is 0.275. The smallest absolute Gasteiger partial charge is 0.139 e. The highest BCUT2D eigenvalue weighted by Gasteiger charge is 2.26. The predicted octanol–water partition coefficient (Wildman–Crippen LogP) is 2.43. The Labute approximate surface area is 152 Å². The number of aromatic nitrogens is 4. The number of aliphatic hydroxyl groups is 1. The van der Waals surface area contributed by atoms with Gasteiger partial charge in [0.25, 0.3) is 0 Å². The molecule has 3 N–H and O–H groups in total. The summed E-state index contributed by atoms with van der Waals surface area (Å²) in [6.45, 7) is 0.864. The Bertz CT molecular complexity index is 929. The number of nitrogens with one attached hydrogen (secondary N) is 2. The summed E-state index contributed by atoms with van der Waals surface area (Å²) in [5.74, 6) is 0.943. The summed E-state index contributed by atoms with van der Waals surface area (Å²) in [4.78, 5) is 12.4. The van der Waals surface area contributed by atoms with E-state index in [1.165, 1.54) is 0 Å². The largest absolute Gasteiger partial charge is 0.396 e. The zero-order valence-electron chi connectivity index (χ0n) is 14.8. The summed E-state index contributed by atoms with van der Waals surface area (Å²) in [6.07, 6.45) is 9.18. The maximum Gasteiger partial charge on any atom is 0.139 e. The fourth-order valence-corrected chi connectivity index (χ4v) is 4.18. The van der Waals surface area contributed by atoms with Crippen molar-refractivity contribution < 1.29 is 5.11 Å². The number of hydrogen-bond donors (Lipinski definition) is 3. The molecule has 1 saturated carbocycles. The highest BCUT2D eigenvalue weighted by Crippen LogP contribution is 2.35. The zero-order chi connectivity index (χ0) is 17.9.